The van der Waals surface area contributed by atoms with Gasteiger partial charge in [0.15, 0.2) is 11.6 Å². The number of rotatable bonds is 7. The molecule has 0 aliphatic carbocycles. The highest BCUT2D eigenvalue weighted by Crippen LogP contribution is 2.39. The summed E-state index contributed by atoms with van der Waals surface area (Å²) in [4.78, 5) is 32.5. The second-order valence-corrected chi connectivity index (χ2v) is 6.62. The second kappa shape index (κ2) is 8.60. The number of primary amides is 1. The Kier molecular flexibility index (Phi) is 5.53. The van der Waals surface area contributed by atoms with Crippen LogP contribution in [0.4, 0.5) is 11.5 Å². The summed E-state index contributed by atoms with van der Waals surface area (Å²) in [6.45, 7) is 0. The Morgan fingerprint density at radius 2 is 1.81 bits per heavy atom. The molecule has 2 heterocycles. The summed E-state index contributed by atoms with van der Waals surface area (Å²) in [5.41, 5.74) is 12.4. The van der Waals surface area contributed by atoms with Crippen molar-refractivity contribution in [3.05, 3.63) is 66.1 Å². The number of esters is 1. The van der Waals surface area contributed by atoms with Gasteiger partial charge in [0.25, 0.3) is 5.91 Å². The monoisotopic (exact) mass is 433 g/mol. The molecule has 1 amide bonds. The van der Waals surface area contributed by atoms with E-state index in [1.807, 2.05) is 24.3 Å². The number of nitrogens with one attached hydrogen (secondary N) is 2. The predicted molar refractivity (Wildman–Crippen MR) is 116 cm³/mol. The first-order valence-electron chi connectivity index (χ1n) is 9.42. The van der Waals surface area contributed by atoms with Gasteiger partial charge in [-0.15, -0.1) is 0 Å². The van der Waals surface area contributed by atoms with Gasteiger partial charge in [-0.25, -0.2) is 14.8 Å². The molecule has 0 saturated carbocycles. The molecule has 32 heavy (non-hydrogen) atoms. The maximum atomic E-state index is 12.3. The van der Waals surface area contributed by atoms with E-state index in [1.54, 1.807) is 19.2 Å². The fraction of sp³-hybridized carbons (Fsp3) is 0.0952. The summed E-state index contributed by atoms with van der Waals surface area (Å²) in [5.74, 6) is -0.795. The summed E-state index contributed by atoms with van der Waals surface area (Å²) in [6, 6.07) is 10.6. The van der Waals surface area contributed by atoms with E-state index in [0.717, 1.165) is 10.8 Å². The van der Waals surface area contributed by atoms with E-state index < -0.39 is 11.9 Å². The molecule has 11 nitrogen and oxygen atoms in total. The molecule has 4 rings (SSSR count). The third-order valence-corrected chi connectivity index (χ3v) is 4.65. The van der Waals surface area contributed by atoms with Crippen molar-refractivity contribution in [2.45, 2.75) is 0 Å². The molecule has 2 aromatic heterocycles. The van der Waals surface area contributed by atoms with Crippen LogP contribution in [-0.2, 0) is 11.8 Å². The molecular formula is C21H19N7O4. The number of methoxy groups -OCH3 is 1. The molecular weight excluding hydrogens is 414 g/mol. The summed E-state index contributed by atoms with van der Waals surface area (Å²) in [7, 11) is 2.94. The molecule has 4 N–H and O–H groups in total. The molecule has 0 aliphatic rings. The largest absolute Gasteiger partial charge is 0.465 e. The van der Waals surface area contributed by atoms with Crippen LogP contribution < -0.4 is 21.3 Å². The number of nitrogens with zero attached hydrogens (tertiary/aromatic N) is 4. The van der Waals surface area contributed by atoms with Crippen LogP contribution in [-0.4, -0.2) is 38.7 Å². The number of carbonyl (C=O) groups is 2. The van der Waals surface area contributed by atoms with Crippen molar-refractivity contribution in [3.63, 3.8) is 0 Å². The summed E-state index contributed by atoms with van der Waals surface area (Å²) >= 11 is 0. The van der Waals surface area contributed by atoms with Gasteiger partial charge in [0.05, 0.1) is 18.9 Å². The van der Waals surface area contributed by atoms with Gasteiger partial charge >= 0.3 is 12.0 Å². The van der Waals surface area contributed by atoms with Crippen LogP contribution in [0.1, 0.15) is 20.7 Å². The molecule has 0 fully saturated rings. The highest BCUT2D eigenvalue weighted by molar-refractivity contribution is 6.07. The van der Waals surface area contributed by atoms with Crippen molar-refractivity contribution in [3.8, 4) is 11.8 Å². The number of carbonyl (C=O) groups excluding carboxylic acids is 2. The molecule has 162 valence electrons. The minimum Gasteiger partial charge on any atom is -0.465 e. The van der Waals surface area contributed by atoms with E-state index >= 15 is 0 Å². The van der Waals surface area contributed by atoms with Gasteiger partial charge < -0.3 is 15.2 Å². The highest BCUT2D eigenvalue weighted by Gasteiger charge is 2.22. The molecule has 2 aromatic carbocycles. The summed E-state index contributed by atoms with van der Waals surface area (Å²) < 4.78 is 12.1. The van der Waals surface area contributed by atoms with E-state index in [2.05, 4.69) is 25.9 Å². The third kappa shape index (κ3) is 3.86. The Hall–Kier alpha value is -4.67. The maximum absolute atomic E-state index is 12.3. The SMILES string of the molecule is COC(=O)c1cnn(C)c1NNc1c(Oc2ncccn2)c(C(N)=O)cc2ccccc12. The van der Waals surface area contributed by atoms with Gasteiger partial charge in [-0.05, 0) is 17.5 Å². The molecule has 0 unspecified atom stereocenters. The number of nitrogens with two attached hydrogens (primary N) is 1. The Morgan fingerprint density at radius 1 is 1.06 bits per heavy atom. The first kappa shape index (κ1) is 20.6. The zero-order chi connectivity index (χ0) is 22.7. The number of hydrazine groups is 1. The number of hydrogen-bond acceptors (Lipinski definition) is 9. The molecule has 0 saturated heterocycles. The van der Waals surface area contributed by atoms with Crippen LogP contribution in [0.15, 0.2) is 55.0 Å². The number of benzene rings is 2. The zero-order valence-corrected chi connectivity index (χ0v) is 17.2. The minimum atomic E-state index is -0.694. The van der Waals surface area contributed by atoms with Crippen LogP contribution in [0, 0.1) is 0 Å². The van der Waals surface area contributed by atoms with Gasteiger partial charge in [0.1, 0.15) is 11.3 Å². The standard InChI is InChI=1S/C21H19N7O4/c1-28-19(15(11-25-28)20(30)31-2)27-26-16-13-7-4-3-6-12(13)10-14(18(22)29)17(16)32-21-23-8-5-9-24-21/h3-11,26-27H,1-2H3,(H2,22,29). The quantitative estimate of drug-likeness (QED) is 0.295. The summed E-state index contributed by atoms with van der Waals surface area (Å²) in [6.07, 6.45) is 4.40. The first-order chi connectivity index (χ1) is 15.5. The lowest BCUT2D eigenvalue weighted by Crippen LogP contribution is -2.18. The Labute approximate surface area is 182 Å². The van der Waals surface area contributed by atoms with Crippen LogP contribution in [0.2, 0.25) is 0 Å². The molecule has 0 spiro atoms. The topological polar surface area (TPSA) is 146 Å². The average Bonchev–Trinajstić information content (AvgIpc) is 3.18. The van der Waals surface area contributed by atoms with Crippen LogP contribution in [0.3, 0.4) is 0 Å². The minimum absolute atomic E-state index is 0.0316. The molecule has 0 atom stereocenters. The number of hydrogen-bond donors (Lipinski definition) is 3. The van der Waals surface area contributed by atoms with E-state index in [4.69, 9.17) is 15.2 Å². The molecule has 0 aliphatic heterocycles. The molecule has 11 heteroatoms. The molecule has 0 radical (unpaired) electrons. The van der Waals surface area contributed by atoms with Gasteiger partial charge in [-0.2, -0.15) is 5.10 Å². The van der Waals surface area contributed by atoms with Crippen LogP contribution in [0.5, 0.6) is 11.8 Å². The Bertz CT molecular complexity index is 1300. The van der Waals surface area contributed by atoms with Crippen LogP contribution >= 0.6 is 0 Å². The van der Waals surface area contributed by atoms with E-state index in [0.29, 0.717) is 11.5 Å². The third-order valence-electron chi connectivity index (χ3n) is 4.65. The lowest BCUT2D eigenvalue weighted by Gasteiger charge is -2.19. The van der Waals surface area contributed by atoms with Gasteiger partial charge in [-0.3, -0.25) is 20.3 Å². The van der Waals surface area contributed by atoms with Crippen molar-refractivity contribution in [2.24, 2.45) is 12.8 Å². The normalized spacial score (nSPS) is 10.6. The predicted octanol–water partition coefficient (Wildman–Crippen LogP) is 2.48. The number of aromatic nitrogens is 4. The van der Waals surface area contributed by atoms with Crippen molar-refractivity contribution < 1.29 is 19.1 Å². The second-order valence-electron chi connectivity index (χ2n) is 6.62. The number of anilines is 2. The van der Waals surface area contributed by atoms with E-state index in [1.165, 1.54) is 30.4 Å². The molecule has 4 aromatic rings. The smallest absolute Gasteiger partial charge is 0.343 e. The fourth-order valence-corrected chi connectivity index (χ4v) is 3.14. The fourth-order valence-electron chi connectivity index (χ4n) is 3.14. The van der Waals surface area contributed by atoms with Crippen molar-refractivity contribution in [2.75, 3.05) is 18.0 Å². The van der Waals surface area contributed by atoms with E-state index in [9.17, 15) is 9.59 Å². The molecule has 0 bridgehead atoms. The lowest BCUT2D eigenvalue weighted by molar-refractivity contribution is 0.0601. The highest BCUT2D eigenvalue weighted by atomic mass is 16.5. The Balaban J connectivity index is 1.84. The number of amides is 1. The number of aryl methyl sites for hydroxylation is 1. The van der Waals surface area contributed by atoms with Crippen molar-refractivity contribution >= 4 is 34.2 Å². The van der Waals surface area contributed by atoms with Crippen molar-refractivity contribution in [1.29, 1.82) is 0 Å². The van der Waals surface area contributed by atoms with Gasteiger partial charge in [0, 0.05) is 24.8 Å². The van der Waals surface area contributed by atoms with Crippen LogP contribution in [0.25, 0.3) is 10.8 Å². The van der Waals surface area contributed by atoms with E-state index in [-0.39, 0.29) is 22.9 Å². The average molecular weight is 433 g/mol. The maximum Gasteiger partial charge on any atom is 0.343 e. The Morgan fingerprint density at radius 3 is 2.53 bits per heavy atom. The van der Waals surface area contributed by atoms with Gasteiger partial charge in [-0.1, -0.05) is 24.3 Å². The van der Waals surface area contributed by atoms with Gasteiger partial charge in [0.2, 0.25) is 0 Å². The number of fused-ring (bicyclic) bond motifs is 1. The first-order valence-corrected chi connectivity index (χ1v) is 9.42. The lowest BCUT2D eigenvalue weighted by atomic mass is 10.0. The zero-order valence-electron chi connectivity index (χ0n) is 17.2. The number of ether oxygens (including phenoxy) is 2. The van der Waals surface area contributed by atoms with Crippen molar-refractivity contribution in [1.82, 2.24) is 19.7 Å². The summed E-state index contributed by atoms with van der Waals surface area (Å²) in [5, 5.41) is 5.55.